The van der Waals surface area contributed by atoms with Gasteiger partial charge in [-0.1, -0.05) is 17.7 Å². The predicted octanol–water partition coefficient (Wildman–Crippen LogP) is 2.20. The van der Waals surface area contributed by atoms with Gasteiger partial charge in [0.1, 0.15) is 0 Å². The summed E-state index contributed by atoms with van der Waals surface area (Å²) in [5, 5.41) is 3.44. The molecule has 0 fully saturated rings. The average molecular weight is 176 g/mol. The minimum Gasteiger partial charge on any atom is -0.382 e. The molecule has 0 bridgehead atoms. The number of aryl methyl sites for hydroxylation is 1. The lowest BCUT2D eigenvalue weighted by Gasteiger charge is -2.29. The average Bonchev–Trinajstić information content (AvgIpc) is 2.06. The van der Waals surface area contributed by atoms with Crippen LogP contribution in [0.3, 0.4) is 0 Å². The summed E-state index contributed by atoms with van der Waals surface area (Å²) < 4.78 is 0. The highest BCUT2D eigenvalue weighted by molar-refractivity contribution is 5.56. The highest BCUT2D eigenvalue weighted by Gasteiger charge is 2.20. The molecular formula is C11H16N2. The second-order valence-electron chi connectivity index (χ2n) is 3.98. The van der Waals surface area contributed by atoms with E-state index in [-0.39, 0.29) is 6.04 Å². The lowest BCUT2D eigenvalue weighted by Crippen LogP contribution is -2.29. The van der Waals surface area contributed by atoms with E-state index in [0.717, 1.165) is 6.42 Å². The molecule has 3 N–H and O–H groups in total. The van der Waals surface area contributed by atoms with Crippen LogP contribution in [-0.2, 0) is 0 Å². The number of nitrogens with two attached hydrogens (primary N) is 1. The number of fused-ring (bicyclic) bond motifs is 1. The molecule has 1 aliphatic heterocycles. The molecule has 1 heterocycles. The fraction of sp³-hybridized carbons (Fsp3) is 0.455. The van der Waals surface area contributed by atoms with Crippen LogP contribution >= 0.6 is 0 Å². The summed E-state index contributed by atoms with van der Waals surface area (Å²) in [6, 6.07) is 7.12. The van der Waals surface area contributed by atoms with Gasteiger partial charge < -0.3 is 11.1 Å². The van der Waals surface area contributed by atoms with Gasteiger partial charge in [0.25, 0.3) is 0 Å². The quantitative estimate of drug-likeness (QED) is 0.636. The zero-order valence-electron chi connectivity index (χ0n) is 8.17. The maximum atomic E-state index is 6.07. The molecule has 1 aromatic carbocycles. The topological polar surface area (TPSA) is 38.0 Å². The van der Waals surface area contributed by atoms with Crippen LogP contribution in [0.2, 0.25) is 0 Å². The molecule has 2 rings (SSSR count). The molecule has 0 saturated carbocycles. The summed E-state index contributed by atoms with van der Waals surface area (Å²) in [4.78, 5) is 0. The molecular weight excluding hydrogens is 160 g/mol. The van der Waals surface area contributed by atoms with Crippen molar-refractivity contribution >= 4 is 5.69 Å². The van der Waals surface area contributed by atoms with E-state index in [4.69, 9.17) is 5.73 Å². The van der Waals surface area contributed by atoms with Crippen molar-refractivity contribution in [1.82, 2.24) is 0 Å². The van der Waals surface area contributed by atoms with E-state index in [2.05, 4.69) is 37.4 Å². The predicted molar refractivity (Wildman–Crippen MR) is 55.8 cm³/mol. The smallest absolute Gasteiger partial charge is 0.0390 e. The first-order valence-corrected chi connectivity index (χ1v) is 4.79. The van der Waals surface area contributed by atoms with Crippen molar-refractivity contribution in [2.75, 3.05) is 5.32 Å². The van der Waals surface area contributed by atoms with Gasteiger partial charge in [-0.15, -0.1) is 0 Å². The Morgan fingerprint density at radius 1 is 1.46 bits per heavy atom. The first-order valence-electron chi connectivity index (χ1n) is 4.79. The van der Waals surface area contributed by atoms with Crippen LogP contribution in [0.4, 0.5) is 5.69 Å². The van der Waals surface area contributed by atoms with Crippen molar-refractivity contribution in [2.24, 2.45) is 5.73 Å². The highest BCUT2D eigenvalue weighted by atomic mass is 14.9. The van der Waals surface area contributed by atoms with Crippen molar-refractivity contribution < 1.29 is 0 Å². The lowest BCUT2D eigenvalue weighted by atomic mass is 9.93. The number of hydrogen-bond acceptors (Lipinski definition) is 2. The molecule has 2 nitrogen and oxygen atoms in total. The van der Waals surface area contributed by atoms with E-state index in [0.29, 0.717) is 6.04 Å². The van der Waals surface area contributed by atoms with Gasteiger partial charge in [-0.2, -0.15) is 0 Å². The second kappa shape index (κ2) is 3.04. The van der Waals surface area contributed by atoms with Crippen LogP contribution < -0.4 is 11.1 Å². The molecule has 13 heavy (non-hydrogen) atoms. The number of benzene rings is 1. The third-order valence-electron chi connectivity index (χ3n) is 2.62. The van der Waals surface area contributed by atoms with Gasteiger partial charge in [0, 0.05) is 17.8 Å². The van der Waals surface area contributed by atoms with Crippen LogP contribution in [0, 0.1) is 6.92 Å². The van der Waals surface area contributed by atoms with E-state index >= 15 is 0 Å². The van der Waals surface area contributed by atoms with Gasteiger partial charge in [0.2, 0.25) is 0 Å². The third kappa shape index (κ3) is 1.54. The molecule has 1 aliphatic rings. The minimum absolute atomic E-state index is 0.200. The molecule has 0 amide bonds. The normalized spacial score (nSPS) is 26.4. The SMILES string of the molecule is Cc1ccc2c(c1)C(N)CC(C)N2. The fourth-order valence-electron chi connectivity index (χ4n) is 1.95. The Balaban J connectivity index is 2.43. The summed E-state index contributed by atoms with van der Waals surface area (Å²) in [5.74, 6) is 0. The van der Waals surface area contributed by atoms with E-state index in [1.807, 2.05) is 0 Å². The zero-order valence-corrected chi connectivity index (χ0v) is 8.17. The van der Waals surface area contributed by atoms with E-state index in [9.17, 15) is 0 Å². The van der Waals surface area contributed by atoms with Crippen molar-refractivity contribution in [1.29, 1.82) is 0 Å². The molecule has 70 valence electrons. The molecule has 0 saturated heterocycles. The van der Waals surface area contributed by atoms with Crippen LogP contribution in [0.1, 0.15) is 30.5 Å². The molecule has 0 aliphatic carbocycles. The fourth-order valence-corrected chi connectivity index (χ4v) is 1.95. The summed E-state index contributed by atoms with van der Waals surface area (Å²) in [6.07, 6.45) is 1.02. The standard InChI is InChI=1S/C11H16N2/c1-7-3-4-11-9(5-7)10(12)6-8(2)13-11/h3-5,8,10,13H,6,12H2,1-2H3. The Morgan fingerprint density at radius 2 is 2.23 bits per heavy atom. The first kappa shape index (κ1) is 8.57. The van der Waals surface area contributed by atoms with Crippen LogP contribution in [0.25, 0.3) is 0 Å². The van der Waals surface area contributed by atoms with E-state index in [1.165, 1.54) is 16.8 Å². The molecule has 0 radical (unpaired) electrons. The van der Waals surface area contributed by atoms with Gasteiger partial charge >= 0.3 is 0 Å². The summed E-state index contributed by atoms with van der Waals surface area (Å²) in [5.41, 5.74) is 9.82. The molecule has 2 heteroatoms. The van der Waals surface area contributed by atoms with Crippen molar-refractivity contribution in [3.05, 3.63) is 29.3 Å². The largest absolute Gasteiger partial charge is 0.382 e. The highest BCUT2D eigenvalue weighted by Crippen LogP contribution is 2.31. The van der Waals surface area contributed by atoms with Gasteiger partial charge in [-0.3, -0.25) is 0 Å². The number of nitrogens with one attached hydrogen (secondary N) is 1. The maximum absolute atomic E-state index is 6.07. The monoisotopic (exact) mass is 176 g/mol. The first-order chi connectivity index (χ1) is 6.16. The van der Waals surface area contributed by atoms with Crippen LogP contribution in [0.15, 0.2) is 18.2 Å². The lowest BCUT2D eigenvalue weighted by molar-refractivity contribution is 0.570. The van der Waals surface area contributed by atoms with Crippen LogP contribution in [0.5, 0.6) is 0 Å². The zero-order chi connectivity index (χ0) is 9.42. The Kier molecular flexibility index (Phi) is 2.00. The van der Waals surface area contributed by atoms with Gasteiger partial charge in [-0.05, 0) is 31.9 Å². The molecule has 0 spiro atoms. The molecule has 2 atom stereocenters. The second-order valence-corrected chi connectivity index (χ2v) is 3.98. The van der Waals surface area contributed by atoms with Gasteiger partial charge in [0.05, 0.1) is 0 Å². The Bertz CT molecular complexity index is 320. The number of hydrogen-bond donors (Lipinski definition) is 2. The minimum atomic E-state index is 0.200. The third-order valence-corrected chi connectivity index (χ3v) is 2.62. The Labute approximate surface area is 79.1 Å². The Hall–Kier alpha value is -1.02. The summed E-state index contributed by atoms with van der Waals surface area (Å²) in [7, 11) is 0. The van der Waals surface area contributed by atoms with Crippen molar-refractivity contribution in [3.8, 4) is 0 Å². The van der Waals surface area contributed by atoms with E-state index in [1.54, 1.807) is 0 Å². The van der Waals surface area contributed by atoms with Crippen molar-refractivity contribution in [3.63, 3.8) is 0 Å². The maximum Gasteiger partial charge on any atom is 0.0390 e. The molecule has 0 aromatic heterocycles. The van der Waals surface area contributed by atoms with Crippen LogP contribution in [-0.4, -0.2) is 6.04 Å². The molecule has 2 unspecified atom stereocenters. The number of rotatable bonds is 0. The van der Waals surface area contributed by atoms with Crippen molar-refractivity contribution in [2.45, 2.75) is 32.4 Å². The van der Waals surface area contributed by atoms with E-state index < -0.39 is 0 Å². The summed E-state index contributed by atoms with van der Waals surface area (Å²) >= 11 is 0. The Morgan fingerprint density at radius 3 is 3.00 bits per heavy atom. The summed E-state index contributed by atoms with van der Waals surface area (Å²) in [6.45, 7) is 4.27. The van der Waals surface area contributed by atoms with Gasteiger partial charge in [0.15, 0.2) is 0 Å². The molecule has 1 aromatic rings. The number of anilines is 1. The van der Waals surface area contributed by atoms with Gasteiger partial charge in [-0.25, -0.2) is 0 Å².